The van der Waals surface area contributed by atoms with Crippen LogP contribution in [0.5, 0.6) is 0 Å². The van der Waals surface area contributed by atoms with Crippen molar-refractivity contribution in [1.82, 2.24) is 10.6 Å². The summed E-state index contributed by atoms with van der Waals surface area (Å²) < 4.78 is 0. The maximum Gasteiger partial charge on any atom is 0.217 e. The zero-order valence-corrected chi connectivity index (χ0v) is 19.7. The molecule has 0 atom stereocenters. The van der Waals surface area contributed by atoms with Gasteiger partial charge in [-0.15, -0.1) is 0 Å². The zero-order chi connectivity index (χ0) is 11.7. The summed E-state index contributed by atoms with van der Waals surface area (Å²) in [5.74, 6) is 0.0370. The molecule has 16 heavy (non-hydrogen) atoms. The van der Waals surface area contributed by atoms with Crippen molar-refractivity contribution in [2.75, 3.05) is 0 Å². The van der Waals surface area contributed by atoms with Gasteiger partial charge in [-0.3, -0.25) is 9.59 Å². The van der Waals surface area contributed by atoms with Crippen LogP contribution in [0.3, 0.4) is 0 Å². The van der Waals surface area contributed by atoms with Gasteiger partial charge in [-0.2, -0.15) is 0 Å². The van der Waals surface area contributed by atoms with Crippen molar-refractivity contribution >= 4 is 11.9 Å². The molecule has 5 nitrogen and oxygen atoms in total. The molecule has 93 valence electrons. The van der Waals surface area contributed by atoms with Gasteiger partial charge >= 0.3 is 0 Å². The van der Waals surface area contributed by atoms with E-state index in [1.54, 1.807) is 0 Å². The molecule has 0 aromatic carbocycles. The van der Waals surface area contributed by atoms with E-state index in [-0.39, 0.29) is 38.4 Å². The first-order valence-corrected chi connectivity index (χ1v) is 4.54. The minimum atomic E-state index is -0.713. The second-order valence-electron chi connectivity index (χ2n) is 3.48. The van der Waals surface area contributed by atoms with Crippen molar-refractivity contribution in [3.63, 3.8) is 0 Å². The molecule has 0 aromatic rings. The molecule has 0 bridgehead atoms. The fourth-order valence-electron chi connectivity index (χ4n) is 0.669. The molecule has 1 radical (unpaired) electrons. The Bertz CT molecular complexity index is 170. The quantitative estimate of drug-likeness (QED) is 0.475. The average molecular weight is 655 g/mol. The van der Waals surface area contributed by atoms with Gasteiger partial charge in [-0.25, -0.2) is 0 Å². The van der Waals surface area contributed by atoms with Crippen LogP contribution >= 0.6 is 0 Å². The molecule has 0 saturated heterocycles. The Balaban J connectivity index is -0.0000000800. The van der Waals surface area contributed by atoms with E-state index in [2.05, 4.69) is 10.6 Å². The molecular formula is C9H20N3O2ReRf-. The van der Waals surface area contributed by atoms with E-state index in [9.17, 15) is 9.59 Å². The van der Waals surface area contributed by atoms with Crippen molar-refractivity contribution in [2.24, 2.45) is 0 Å². The molecule has 0 fully saturated rings. The number of nitrogens with one attached hydrogen (secondary N) is 3. The summed E-state index contributed by atoms with van der Waals surface area (Å²) in [7, 11) is 0. The number of hydrogen-bond acceptors (Lipinski definition) is 2. The SMILES string of the molecule is CC(=O)NC(C)C.CC(C)NC([NH-])=O.[Re].[Rf]. The van der Waals surface area contributed by atoms with Crippen LogP contribution in [0, 0.1) is 0 Å². The Morgan fingerprint density at radius 2 is 1.31 bits per heavy atom. The second kappa shape index (κ2) is 13.4. The van der Waals surface area contributed by atoms with Crippen LogP contribution in [0.25, 0.3) is 5.73 Å². The summed E-state index contributed by atoms with van der Waals surface area (Å²) in [6.45, 7) is 9.00. The smallest absolute Gasteiger partial charge is 0.217 e. The molecule has 7 heteroatoms. The van der Waals surface area contributed by atoms with Gasteiger partial charge in [-0.1, -0.05) is 13.8 Å². The molecular weight excluding hydrogens is 635 g/mol. The zero-order valence-electron chi connectivity index (χ0n) is 10.6. The van der Waals surface area contributed by atoms with Gasteiger partial charge in [0.2, 0.25) is 5.91 Å². The van der Waals surface area contributed by atoms with Gasteiger partial charge in [0, 0.05) is 33.4 Å². The molecule has 0 aliphatic rings. The predicted molar refractivity (Wildman–Crippen MR) is 56.9 cm³/mol. The van der Waals surface area contributed by atoms with Crippen LogP contribution in [0.4, 0.5) is 4.79 Å². The minimum absolute atomic E-state index is 0. The van der Waals surface area contributed by atoms with E-state index in [1.807, 2.05) is 27.7 Å². The fourth-order valence-corrected chi connectivity index (χ4v) is 0.669. The van der Waals surface area contributed by atoms with Crippen LogP contribution in [-0.2, 0) is 25.2 Å². The molecule has 0 unspecified atom stereocenters. The van der Waals surface area contributed by atoms with Crippen LogP contribution in [0.15, 0.2) is 0 Å². The Kier molecular flexibility index (Phi) is 20.0. The molecule has 0 spiro atoms. The number of rotatable bonds is 2. The summed E-state index contributed by atoms with van der Waals surface area (Å²) in [6.07, 6.45) is 0. The molecule has 0 rings (SSSR count). The Morgan fingerprint density at radius 1 is 1.00 bits per heavy atom. The van der Waals surface area contributed by atoms with Gasteiger partial charge < -0.3 is 16.4 Å². The van der Waals surface area contributed by atoms with E-state index in [4.69, 9.17) is 5.73 Å². The first-order valence-electron chi connectivity index (χ1n) is 4.54. The van der Waals surface area contributed by atoms with Crippen LogP contribution in [0.1, 0.15) is 34.6 Å². The van der Waals surface area contributed by atoms with E-state index < -0.39 is 6.03 Å². The molecule has 0 aliphatic heterocycles. The Labute approximate surface area is 105 Å². The van der Waals surface area contributed by atoms with Crippen LogP contribution in [0.2, 0.25) is 0 Å². The monoisotopic (exact) mass is 656 g/mol. The van der Waals surface area contributed by atoms with Gasteiger partial charge in [0.25, 0.3) is 0 Å². The molecule has 3 amide bonds. The number of carbonyl (C=O) groups excluding carboxylic acids is 2. The molecule has 3 N–H and O–H groups in total. The maximum atomic E-state index is 10.1. The van der Waals surface area contributed by atoms with Gasteiger partial charge in [0.05, 0.1) is 0 Å². The van der Waals surface area contributed by atoms with Crippen molar-refractivity contribution in [1.29, 1.82) is 0 Å². The van der Waals surface area contributed by atoms with Gasteiger partial charge in [0.1, 0.15) is 6.03 Å². The largest absolute Gasteiger partial charge is 0.447 e. The maximum absolute atomic E-state index is 10.1. The standard InChI is InChI=1S/C5H11NO.C4H10N2O.Re.Rf/c1-4(2)6-5(3)7;1-3(2)6-4(5)7;;/h4H,1-3H3,(H,6,7);3H,1-2H3,(H3,5,6,7);;/p-1. The van der Waals surface area contributed by atoms with E-state index >= 15 is 0 Å². The molecule has 0 saturated carbocycles. The van der Waals surface area contributed by atoms with E-state index in [0.29, 0.717) is 0 Å². The summed E-state index contributed by atoms with van der Waals surface area (Å²) in [4.78, 5) is 20.0. The van der Waals surface area contributed by atoms with E-state index in [0.717, 1.165) is 0 Å². The third-order valence-electron chi connectivity index (χ3n) is 0.912. The summed E-state index contributed by atoms with van der Waals surface area (Å²) in [5.41, 5.74) is 6.36. The summed E-state index contributed by atoms with van der Waals surface area (Å²) in [6, 6.07) is -0.350. The number of amides is 3. The van der Waals surface area contributed by atoms with Crippen LogP contribution in [-0.4, -0.2) is 24.0 Å². The predicted octanol–water partition coefficient (Wildman–Crippen LogP) is 1.68. The molecule has 0 aliphatic carbocycles. The summed E-state index contributed by atoms with van der Waals surface area (Å²) >= 11 is 0. The normalized spacial score (nSPS) is 7.94. The van der Waals surface area contributed by atoms with Crippen molar-refractivity contribution in [3.05, 3.63) is 5.73 Å². The van der Waals surface area contributed by atoms with E-state index in [1.165, 1.54) is 6.92 Å². The Hall–Kier alpha value is -1.60. The molecule has 0 heterocycles. The minimum Gasteiger partial charge on any atom is -0.447 e. The number of carbonyl (C=O) groups is 2. The Morgan fingerprint density at radius 3 is 1.31 bits per heavy atom. The first kappa shape index (κ1) is 23.9. The average Bonchev–Trinajstić information content (AvgIpc) is 1.79. The number of hydrogen-bond donors (Lipinski definition) is 2. The third kappa shape index (κ3) is 39.3. The molecule has 0 aromatic heterocycles. The van der Waals surface area contributed by atoms with Gasteiger partial charge in [0.15, 0.2) is 0 Å². The number of urea groups is 1. The third-order valence-corrected chi connectivity index (χ3v) is 0.912. The fraction of sp³-hybridized carbons (Fsp3) is 0.778. The topological polar surface area (TPSA) is 82.0 Å². The van der Waals surface area contributed by atoms with Crippen molar-refractivity contribution in [2.45, 2.75) is 46.7 Å². The summed E-state index contributed by atoms with van der Waals surface area (Å²) in [5, 5.41) is 5.00. The second-order valence-corrected chi connectivity index (χ2v) is 3.48. The van der Waals surface area contributed by atoms with Gasteiger partial charge in [-0.05, 0) is 19.9 Å². The first-order chi connectivity index (χ1) is 6.25. The van der Waals surface area contributed by atoms with Crippen molar-refractivity contribution in [3.8, 4) is 0 Å². The van der Waals surface area contributed by atoms with Crippen molar-refractivity contribution < 1.29 is 30.0 Å². The van der Waals surface area contributed by atoms with Crippen LogP contribution < -0.4 is 10.6 Å².